The van der Waals surface area contributed by atoms with Gasteiger partial charge in [-0.25, -0.2) is 0 Å². The third kappa shape index (κ3) is 4.62. The number of methoxy groups -OCH3 is 2. The number of carbonyl (C=O) groups is 1. The Morgan fingerprint density at radius 1 is 1.08 bits per heavy atom. The maximum absolute atomic E-state index is 12.5. The van der Waals surface area contributed by atoms with Gasteiger partial charge in [-0.1, -0.05) is 0 Å². The van der Waals surface area contributed by atoms with Gasteiger partial charge in [-0.2, -0.15) is 0 Å². The van der Waals surface area contributed by atoms with Crippen LogP contribution in [0.5, 0.6) is 11.5 Å². The first kappa shape index (κ1) is 17.6. The second-order valence-corrected chi connectivity index (χ2v) is 6.33. The molecule has 1 amide bonds. The lowest BCUT2D eigenvalue weighted by Crippen LogP contribution is -2.26. The van der Waals surface area contributed by atoms with Crippen LogP contribution in [-0.4, -0.2) is 30.6 Å². The molecule has 0 bridgehead atoms. The number of anilines is 2. The first-order chi connectivity index (χ1) is 11.3. The molecule has 0 radical (unpaired) electrons. The van der Waals surface area contributed by atoms with Gasteiger partial charge in [0.1, 0.15) is 17.2 Å². The van der Waals surface area contributed by atoms with E-state index in [0.717, 1.165) is 5.69 Å². The summed E-state index contributed by atoms with van der Waals surface area (Å²) in [6.07, 6.45) is 1.60. The van der Waals surface area contributed by atoms with Gasteiger partial charge in [0.25, 0.3) is 5.91 Å². The van der Waals surface area contributed by atoms with Gasteiger partial charge in [-0.3, -0.25) is 9.78 Å². The summed E-state index contributed by atoms with van der Waals surface area (Å²) in [5.41, 5.74) is 1.57. The normalized spacial score (nSPS) is 10.9. The summed E-state index contributed by atoms with van der Waals surface area (Å²) < 4.78 is 10.5. The van der Waals surface area contributed by atoms with Crippen LogP contribution in [0.25, 0.3) is 0 Å². The van der Waals surface area contributed by atoms with Crippen molar-refractivity contribution in [2.45, 2.75) is 26.3 Å². The molecule has 1 aromatic carbocycles. The topological polar surface area (TPSA) is 72.5 Å². The molecule has 0 aliphatic heterocycles. The van der Waals surface area contributed by atoms with Crippen LogP contribution in [0.1, 0.15) is 31.3 Å². The number of rotatable bonds is 5. The Labute approximate surface area is 142 Å². The van der Waals surface area contributed by atoms with Gasteiger partial charge in [-0.05, 0) is 45.0 Å². The van der Waals surface area contributed by atoms with Gasteiger partial charge in [0.05, 0.1) is 19.9 Å². The zero-order valence-corrected chi connectivity index (χ0v) is 14.6. The van der Waals surface area contributed by atoms with Crippen LogP contribution in [0.3, 0.4) is 0 Å². The summed E-state index contributed by atoms with van der Waals surface area (Å²) >= 11 is 0. The molecule has 24 heavy (non-hydrogen) atoms. The Morgan fingerprint density at radius 3 is 2.46 bits per heavy atom. The molecule has 1 heterocycles. The van der Waals surface area contributed by atoms with Crippen LogP contribution in [0.15, 0.2) is 36.5 Å². The predicted molar refractivity (Wildman–Crippen MR) is 95.1 cm³/mol. The summed E-state index contributed by atoms with van der Waals surface area (Å²) in [6, 6.07) is 8.75. The maximum Gasteiger partial charge on any atom is 0.274 e. The van der Waals surface area contributed by atoms with E-state index in [1.807, 2.05) is 26.8 Å². The van der Waals surface area contributed by atoms with Crippen LogP contribution >= 0.6 is 0 Å². The first-order valence-electron chi connectivity index (χ1n) is 7.60. The minimum absolute atomic E-state index is 0.106. The largest absolute Gasteiger partial charge is 0.497 e. The molecule has 0 saturated carbocycles. The Kier molecular flexibility index (Phi) is 5.28. The smallest absolute Gasteiger partial charge is 0.274 e. The summed E-state index contributed by atoms with van der Waals surface area (Å²) in [5.74, 6) is 0.856. The number of aromatic nitrogens is 1. The Hall–Kier alpha value is -2.76. The number of hydrogen-bond acceptors (Lipinski definition) is 5. The number of benzene rings is 1. The summed E-state index contributed by atoms with van der Waals surface area (Å²) in [5, 5.41) is 6.12. The maximum atomic E-state index is 12.5. The van der Waals surface area contributed by atoms with E-state index in [-0.39, 0.29) is 11.4 Å². The van der Waals surface area contributed by atoms with Crippen LogP contribution in [0.4, 0.5) is 11.4 Å². The van der Waals surface area contributed by atoms with Crippen molar-refractivity contribution in [2.24, 2.45) is 0 Å². The molecule has 1 aromatic heterocycles. The molecule has 0 atom stereocenters. The van der Waals surface area contributed by atoms with Gasteiger partial charge < -0.3 is 20.1 Å². The number of nitrogens with zero attached hydrogens (tertiary/aromatic N) is 1. The van der Waals surface area contributed by atoms with E-state index < -0.39 is 0 Å². The molecule has 0 spiro atoms. The lowest BCUT2D eigenvalue weighted by atomic mass is 10.1. The highest BCUT2D eigenvalue weighted by Crippen LogP contribution is 2.29. The van der Waals surface area contributed by atoms with E-state index >= 15 is 0 Å². The van der Waals surface area contributed by atoms with Crippen molar-refractivity contribution < 1.29 is 14.3 Å². The number of carbonyl (C=O) groups excluding carboxylic acids is 1. The number of amides is 1. The van der Waals surface area contributed by atoms with Gasteiger partial charge in [0, 0.05) is 23.5 Å². The molecule has 0 aliphatic carbocycles. The third-order valence-electron chi connectivity index (χ3n) is 3.17. The van der Waals surface area contributed by atoms with Crippen LogP contribution in [-0.2, 0) is 0 Å². The Bertz CT molecular complexity index is 724. The molecule has 128 valence electrons. The summed E-state index contributed by atoms with van der Waals surface area (Å²) in [7, 11) is 3.11. The highest BCUT2D eigenvalue weighted by molar-refractivity contribution is 6.04. The summed E-state index contributed by atoms with van der Waals surface area (Å²) in [4.78, 5) is 16.6. The van der Waals surface area contributed by atoms with Gasteiger partial charge in [0.2, 0.25) is 0 Å². The quantitative estimate of drug-likeness (QED) is 0.877. The fourth-order valence-corrected chi connectivity index (χ4v) is 2.16. The zero-order valence-electron chi connectivity index (χ0n) is 14.6. The third-order valence-corrected chi connectivity index (χ3v) is 3.17. The van der Waals surface area contributed by atoms with Crippen molar-refractivity contribution in [3.8, 4) is 11.5 Å². The van der Waals surface area contributed by atoms with E-state index in [1.54, 1.807) is 44.7 Å². The summed E-state index contributed by atoms with van der Waals surface area (Å²) in [6.45, 7) is 6.15. The molecule has 0 saturated heterocycles. The van der Waals surface area contributed by atoms with Gasteiger partial charge in [-0.15, -0.1) is 0 Å². The molecule has 0 fully saturated rings. The van der Waals surface area contributed by atoms with Crippen molar-refractivity contribution in [3.63, 3.8) is 0 Å². The minimum Gasteiger partial charge on any atom is -0.497 e. The molecule has 2 N–H and O–H groups in total. The molecule has 6 nitrogen and oxygen atoms in total. The van der Waals surface area contributed by atoms with Crippen molar-refractivity contribution in [1.82, 2.24) is 4.98 Å². The van der Waals surface area contributed by atoms with Crippen molar-refractivity contribution in [2.75, 3.05) is 24.9 Å². The van der Waals surface area contributed by atoms with E-state index in [0.29, 0.717) is 22.9 Å². The highest BCUT2D eigenvalue weighted by Gasteiger charge is 2.14. The Morgan fingerprint density at radius 2 is 1.83 bits per heavy atom. The molecule has 0 aliphatic rings. The molecule has 6 heteroatoms. The number of ether oxygens (including phenoxy) is 2. The first-order valence-corrected chi connectivity index (χ1v) is 7.60. The predicted octanol–water partition coefficient (Wildman–Crippen LogP) is 3.56. The van der Waals surface area contributed by atoms with E-state index in [1.165, 1.54) is 0 Å². The fourth-order valence-electron chi connectivity index (χ4n) is 2.16. The molecule has 2 rings (SSSR count). The number of nitrogens with one attached hydrogen (secondary N) is 2. The second-order valence-electron chi connectivity index (χ2n) is 6.33. The van der Waals surface area contributed by atoms with Crippen molar-refractivity contribution in [3.05, 3.63) is 42.2 Å². The van der Waals surface area contributed by atoms with E-state index in [9.17, 15) is 4.79 Å². The average Bonchev–Trinajstić information content (AvgIpc) is 2.53. The molecular weight excluding hydrogens is 306 g/mol. The SMILES string of the molecule is COc1ccc(OC)c(NC(=O)c2cc(NC(C)(C)C)ccn2)c1. The molecule has 2 aromatic rings. The molecule has 0 unspecified atom stereocenters. The number of pyridine rings is 1. The van der Waals surface area contributed by atoms with E-state index in [2.05, 4.69) is 15.6 Å². The van der Waals surface area contributed by atoms with Crippen LogP contribution in [0.2, 0.25) is 0 Å². The fraction of sp³-hybridized carbons (Fsp3) is 0.333. The lowest BCUT2D eigenvalue weighted by Gasteiger charge is -2.22. The van der Waals surface area contributed by atoms with Crippen molar-refractivity contribution in [1.29, 1.82) is 0 Å². The monoisotopic (exact) mass is 329 g/mol. The van der Waals surface area contributed by atoms with Gasteiger partial charge in [0.15, 0.2) is 0 Å². The highest BCUT2D eigenvalue weighted by atomic mass is 16.5. The van der Waals surface area contributed by atoms with Crippen LogP contribution < -0.4 is 20.1 Å². The molecular formula is C18H23N3O3. The average molecular weight is 329 g/mol. The van der Waals surface area contributed by atoms with E-state index in [4.69, 9.17) is 9.47 Å². The van der Waals surface area contributed by atoms with Gasteiger partial charge >= 0.3 is 0 Å². The minimum atomic E-state index is -0.320. The number of hydrogen-bond donors (Lipinski definition) is 2. The Balaban J connectivity index is 2.22. The van der Waals surface area contributed by atoms with Crippen LogP contribution in [0, 0.1) is 0 Å². The van der Waals surface area contributed by atoms with Crippen molar-refractivity contribution >= 4 is 17.3 Å². The zero-order chi connectivity index (χ0) is 17.7. The lowest BCUT2D eigenvalue weighted by molar-refractivity contribution is 0.102. The standard InChI is InChI=1S/C18H23N3O3/c1-18(2,3)21-12-8-9-19-15(10-12)17(22)20-14-11-13(23-4)6-7-16(14)24-5/h6-11H,1-5H3,(H,19,21)(H,20,22). The second kappa shape index (κ2) is 7.21.